The molecule has 0 atom stereocenters. The Balaban J connectivity index is 1.48. The number of hydrogen-bond donors (Lipinski definition) is 3. The predicted molar refractivity (Wildman–Crippen MR) is 135 cm³/mol. The first-order chi connectivity index (χ1) is 16.2. The van der Waals surface area contributed by atoms with Crippen LogP contribution in [0.4, 0.5) is 10.5 Å². The molecule has 0 bridgehead atoms. The van der Waals surface area contributed by atoms with Gasteiger partial charge in [0.05, 0.1) is 20.5 Å². The van der Waals surface area contributed by atoms with Gasteiger partial charge in [0.1, 0.15) is 11.5 Å². The molecule has 3 N–H and O–H groups in total. The fraction of sp³-hybridized carbons (Fsp3) is 0. The maximum absolute atomic E-state index is 12.8. The van der Waals surface area contributed by atoms with E-state index < -0.39 is 17.9 Å². The maximum Gasteiger partial charge on any atom is 0.338 e. The number of carboxylic acids is 1. The summed E-state index contributed by atoms with van der Waals surface area (Å²) < 4.78 is 5.85. The minimum Gasteiger partial charge on any atom is -0.478 e. The topological polar surface area (TPSA) is 112 Å². The third-order valence-electron chi connectivity index (χ3n) is 4.51. The van der Waals surface area contributed by atoms with E-state index in [-0.39, 0.29) is 19.8 Å². The second-order valence-electron chi connectivity index (χ2n) is 6.76. The Kier molecular flexibility index (Phi) is 6.94. The molecule has 2 heterocycles. The van der Waals surface area contributed by atoms with Crippen molar-refractivity contribution in [3.63, 3.8) is 0 Å². The highest BCUT2D eigenvalue weighted by atomic mass is 35.5. The Hall–Kier alpha value is -3.31. The lowest BCUT2D eigenvalue weighted by molar-refractivity contribution is -0.123. The summed E-state index contributed by atoms with van der Waals surface area (Å²) in [5, 5.41) is 13.4. The summed E-state index contributed by atoms with van der Waals surface area (Å²) in [5.74, 6) is -0.988. The summed E-state index contributed by atoms with van der Waals surface area (Å²) in [6, 6.07) is 13.5. The summed E-state index contributed by atoms with van der Waals surface area (Å²) in [6.45, 7) is 0. The number of hydrogen-bond acceptors (Lipinski definition) is 6. The van der Waals surface area contributed by atoms with E-state index >= 15 is 0 Å². The molecule has 0 unspecified atom stereocenters. The normalized spacial score (nSPS) is 14.5. The van der Waals surface area contributed by atoms with Gasteiger partial charge >= 0.3 is 12.0 Å². The van der Waals surface area contributed by atoms with Crippen LogP contribution in [0.3, 0.4) is 0 Å². The SMILES string of the molecule is O=C(Nc1ccc(Cl)c(Cl)c1)NN1C(=O)/C(=C/c2ccc(-c3ccccc3C(=O)O)o2)SC1=S. The standard InChI is InChI=1S/C22H13Cl2N3O5S2/c23-15-7-5-11(9-16(15)24)25-21(31)26-27-19(28)18(34-22(27)33)10-12-6-8-17(32-12)13-3-1-2-4-14(13)20(29)30/h1-10H,(H,29,30)(H2,25,26,31)/b18-10-. The van der Waals surface area contributed by atoms with E-state index in [1.165, 1.54) is 24.3 Å². The Bertz CT molecular complexity index is 1370. The third-order valence-corrected chi connectivity index (χ3v) is 6.55. The van der Waals surface area contributed by atoms with Crippen LogP contribution >= 0.6 is 47.2 Å². The number of nitrogens with zero attached hydrogens (tertiary/aromatic N) is 1. The molecule has 0 spiro atoms. The molecule has 172 valence electrons. The number of thiocarbonyl (C=S) groups is 1. The fourth-order valence-corrected chi connectivity index (χ4v) is 4.45. The highest BCUT2D eigenvalue weighted by Gasteiger charge is 2.34. The van der Waals surface area contributed by atoms with Gasteiger partial charge in [-0.2, -0.15) is 5.01 Å². The second-order valence-corrected chi connectivity index (χ2v) is 9.25. The molecule has 1 aromatic heterocycles. The number of nitrogens with one attached hydrogen (secondary N) is 2. The summed E-state index contributed by atoms with van der Waals surface area (Å²) in [5.41, 5.74) is 3.25. The molecular formula is C22H13Cl2N3O5S2. The van der Waals surface area contributed by atoms with Gasteiger partial charge in [-0.15, -0.1) is 0 Å². The monoisotopic (exact) mass is 533 g/mol. The number of furan rings is 1. The van der Waals surface area contributed by atoms with Gasteiger partial charge in [-0.25, -0.2) is 15.0 Å². The highest BCUT2D eigenvalue weighted by Crippen LogP contribution is 2.33. The van der Waals surface area contributed by atoms with Gasteiger partial charge in [-0.05, 0) is 48.6 Å². The van der Waals surface area contributed by atoms with Crippen LogP contribution in [-0.2, 0) is 4.79 Å². The zero-order valence-electron chi connectivity index (χ0n) is 16.9. The number of hydrazine groups is 1. The molecule has 0 radical (unpaired) electrons. The average molecular weight is 534 g/mol. The van der Waals surface area contributed by atoms with Gasteiger partial charge < -0.3 is 14.8 Å². The van der Waals surface area contributed by atoms with Crippen LogP contribution in [0, 0.1) is 0 Å². The van der Waals surface area contributed by atoms with Crippen molar-refractivity contribution < 1.29 is 23.9 Å². The van der Waals surface area contributed by atoms with Gasteiger partial charge in [-0.1, -0.05) is 53.2 Å². The van der Waals surface area contributed by atoms with Gasteiger partial charge in [-0.3, -0.25) is 4.79 Å². The zero-order chi connectivity index (χ0) is 24.4. The molecule has 0 aliphatic carbocycles. The largest absolute Gasteiger partial charge is 0.478 e. The number of halogens is 2. The van der Waals surface area contributed by atoms with E-state index in [0.717, 1.165) is 16.8 Å². The van der Waals surface area contributed by atoms with Crippen molar-refractivity contribution in [2.24, 2.45) is 0 Å². The molecule has 12 heteroatoms. The summed E-state index contributed by atoms with van der Waals surface area (Å²) in [4.78, 5) is 36.8. The molecule has 34 heavy (non-hydrogen) atoms. The molecule has 8 nitrogen and oxygen atoms in total. The average Bonchev–Trinajstić information content (AvgIpc) is 3.36. The van der Waals surface area contributed by atoms with Gasteiger partial charge in [0.25, 0.3) is 5.91 Å². The Morgan fingerprint density at radius 1 is 1.09 bits per heavy atom. The van der Waals surface area contributed by atoms with E-state index in [2.05, 4.69) is 10.7 Å². The fourth-order valence-electron chi connectivity index (χ4n) is 2.99. The first kappa shape index (κ1) is 23.8. The van der Waals surface area contributed by atoms with Crippen LogP contribution in [-0.4, -0.2) is 32.3 Å². The van der Waals surface area contributed by atoms with E-state index in [0.29, 0.717) is 27.8 Å². The van der Waals surface area contributed by atoms with Crippen molar-refractivity contribution in [3.05, 3.63) is 80.9 Å². The van der Waals surface area contributed by atoms with E-state index in [1.807, 2.05) is 0 Å². The van der Waals surface area contributed by atoms with Crippen molar-refractivity contribution in [2.45, 2.75) is 0 Å². The number of anilines is 1. The number of carboxylic acid groups (broad SMARTS) is 1. The molecule has 3 aromatic rings. The molecular weight excluding hydrogens is 521 g/mol. The summed E-state index contributed by atoms with van der Waals surface area (Å²) >= 11 is 18.0. The maximum atomic E-state index is 12.8. The minimum atomic E-state index is -1.08. The van der Waals surface area contributed by atoms with Crippen molar-refractivity contribution in [3.8, 4) is 11.3 Å². The zero-order valence-corrected chi connectivity index (χ0v) is 20.0. The van der Waals surface area contributed by atoms with Crippen LogP contribution in [0.15, 0.2) is 63.9 Å². The molecule has 1 saturated heterocycles. The number of urea groups is 1. The van der Waals surface area contributed by atoms with Crippen LogP contribution in [0.2, 0.25) is 10.0 Å². The first-order valence-corrected chi connectivity index (χ1v) is 11.4. The van der Waals surface area contributed by atoms with E-state index in [9.17, 15) is 19.5 Å². The van der Waals surface area contributed by atoms with Crippen LogP contribution < -0.4 is 10.7 Å². The van der Waals surface area contributed by atoms with Crippen LogP contribution in [0.25, 0.3) is 17.4 Å². The van der Waals surface area contributed by atoms with Crippen molar-refractivity contribution in [2.75, 3.05) is 5.32 Å². The second kappa shape index (κ2) is 9.90. The Labute approximate surface area is 212 Å². The highest BCUT2D eigenvalue weighted by molar-refractivity contribution is 8.26. The number of thioether (sulfide) groups is 1. The number of carbonyl (C=O) groups excluding carboxylic acids is 2. The molecule has 1 aliphatic rings. The molecule has 3 amide bonds. The van der Waals surface area contributed by atoms with Gasteiger partial charge in [0, 0.05) is 17.3 Å². The number of rotatable bonds is 5. The lowest BCUT2D eigenvalue weighted by Gasteiger charge is -2.16. The number of amides is 3. The minimum absolute atomic E-state index is 0.0897. The lowest BCUT2D eigenvalue weighted by Crippen LogP contribution is -2.46. The smallest absolute Gasteiger partial charge is 0.338 e. The molecule has 2 aromatic carbocycles. The quantitative estimate of drug-likeness (QED) is 0.277. The first-order valence-electron chi connectivity index (χ1n) is 9.46. The van der Waals surface area contributed by atoms with Crippen molar-refractivity contribution >= 4 is 81.2 Å². The Morgan fingerprint density at radius 2 is 1.85 bits per heavy atom. The Morgan fingerprint density at radius 3 is 2.59 bits per heavy atom. The van der Waals surface area contributed by atoms with E-state index in [4.69, 9.17) is 39.8 Å². The van der Waals surface area contributed by atoms with Crippen molar-refractivity contribution in [1.82, 2.24) is 10.4 Å². The van der Waals surface area contributed by atoms with Crippen LogP contribution in [0.5, 0.6) is 0 Å². The van der Waals surface area contributed by atoms with Gasteiger partial charge in [0.2, 0.25) is 0 Å². The number of carbonyl (C=O) groups is 3. The van der Waals surface area contributed by atoms with Crippen LogP contribution in [0.1, 0.15) is 16.1 Å². The predicted octanol–water partition coefficient (Wildman–Crippen LogP) is 5.89. The molecule has 1 aliphatic heterocycles. The lowest BCUT2D eigenvalue weighted by atomic mass is 10.1. The molecule has 4 rings (SSSR count). The van der Waals surface area contributed by atoms with Gasteiger partial charge in [0.15, 0.2) is 4.32 Å². The summed E-state index contributed by atoms with van der Waals surface area (Å²) in [7, 11) is 0. The third kappa shape index (κ3) is 5.10. The number of benzene rings is 2. The van der Waals surface area contributed by atoms with E-state index in [1.54, 1.807) is 36.4 Å². The molecule has 1 fully saturated rings. The molecule has 0 saturated carbocycles. The summed E-state index contributed by atoms with van der Waals surface area (Å²) in [6.07, 6.45) is 1.46. The number of aromatic carboxylic acids is 1. The van der Waals surface area contributed by atoms with Crippen molar-refractivity contribution in [1.29, 1.82) is 0 Å².